The highest BCUT2D eigenvalue weighted by molar-refractivity contribution is 5.93. The van der Waals surface area contributed by atoms with Crippen LogP contribution in [0.2, 0.25) is 0 Å². The zero-order valence-electron chi connectivity index (χ0n) is 13.0. The maximum Gasteiger partial charge on any atom is 0.351 e. The summed E-state index contributed by atoms with van der Waals surface area (Å²) < 4.78 is 11.4. The molecule has 5 unspecified atom stereocenters. The molecule has 0 radical (unpaired) electrons. The molecular formula is C16H23NO4. The summed E-state index contributed by atoms with van der Waals surface area (Å²) in [5, 5.41) is 0. The minimum absolute atomic E-state index is 0.0254. The van der Waals surface area contributed by atoms with Crippen LogP contribution >= 0.6 is 0 Å². The van der Waals surface area contributed by atoms with Gasteiger partial charge in [0.15, 0.2) is 0 Å². The average Bonchev–Trinajstić information content (AvgIpc) is 3.10. The number of rotatable bonds is 2. The van der Waals surface area contributed by atoms with E-state index in [9.17, 15) is 9.59 Å². The average molecular weight is 293 g/mol. The largest absolute Gasteiger partial charge is 0.458 e. The molecule has 21 heavy (non-hydrogen) atoms. The van der Waals surface area contributed by atoms with E-state index in [2.05, 4.69) is 4.90 Å². The third kappa shape index (κ3) is 1.41. The molecule has 116 valence electrons. The Hall–Kier alpha value is -1.10. The molecule has 3 heterocycles. The van der Waals surface area contributed by atoms with E-state index >= 15 is 0 Å². The van der Waals surface area contributed by atoms with Gasteiger partial charge in [0.2, 0.25) is 5.60 Å². The molecule has 3 aliphatic heterocycles. The van der Waals surface area contributed by atoms with Crippen LogP contribution in [0.25, 0.3) is 0 Å². The first-order valence-electron chi connectivity index (χ1n) is 7.97. The van der Waals surface area contributed by atoms with Gasteiger partial charge in [-0.3, -0.25) is 9.69 Å². The van der Waals surface area contributed by atoms with E-state index in [1.165, 1.54) is 0 Å². The minimum Gasteiger partial charge on any atom is -0.458 e. The van der Waals surface area contributed by atoms with Gasteiger partial charge in [0.1, 0.15) is 6.10 Å². The van der Waals surface area contributed by atoms with E-state index in [-0.39, 0.29) is 18.0 Å². The molecule has 5 nitrogen and oxygen atoms in total. The van der Waals surface area contributed by atoms with Crippen molar-refractivity contribution in [1.29, 1.82) is 0 Å². The van der Waals surface area contributed by atoms with Crippen LogP contribution in [0.5, 0.6) is 0 Å². The quantitative estimate of drug-likeness (QED) is 0.720. The van der Waals surface area contributed by atoms with Crippen LogP contribution in [0, 0.1) is 16.7 Å². The monoisotopic (exact) mass is 293 g/mol. The van der Waals surface area contributed by atoms with Gasteiger partial charge in [-0.15, -0.1) is 0 Å². The summed E-state index contributed by atoms with van der Waals surface area (Å²) in [6, 6.07) is 0. The van der Waals surface area contributed by atoms with Gasteiger partial charge in [0.05, 0.1) is 5.41 Å². The normalized spacial score (nSPS) is 49.5. The van der Waals surface area contributed by atoms with Crippen molar-refractivity contribution >= 4 is 11.9 Å². The van der Waals surface area contributed by atoms with Gasteiger partial charge < -0.3 is 9.47 Å². The molecule has 0 aromatic rings. The van der Waals surface area contributed by atoms with Crippen molar-refractivity contribution in [2.45, 2.75) is 51.7 Å². The lowest BCUT2D eigenvalue weighted by atomic mass is 9.66. The van der Waals surface area contributed by atoms with Gasteiger partial charge in [-0.2, -0.15) is 0 Å². The lowest BCUT2D eigenvalue weighted by Crippen LogP contribution is -2.50. The van der Waals surface area contributed by atoms with Crippen molar-refractivity contribution in [3.05, 3.63) is 0 Å². The molecule has 3 saturated heterocycles. The summed E-state index contributed by atoms with van der Waals surface area (Å²) >= 11 is 0. The molecule has 4 aliphatic rings. The molecule has 5 heteroatoms. The van der Waals surface area contributed by atoms with Crippen LogP contribution in [0.4, 0.5) is 0 Å². The number of carbonyl (C=O) groups is 2. The smallest absolute Gasteiger partial charge is 0.351 e. The fraction of sp³-hybridized carbons (Fsp3) is 0.875. The van der Waals surface area contributed by atoms with Crippen LogP contribution in [-0.2, 0) is 19.1 Å². The maximum absolute atomic E-state index is 12.8. The Morgan fingerprint density at radius 1 is 1.29 bits per heavy atom. The highest BCUT2D eigenvalue weighted by Crippen LogP contribution is 2.65. The first-order valence-corrected chi connectivity index (χ1v) is 7.97. The lowest BCUT2D eigenvalue weighted by Gasteiger charge is -2.36. The number of hydrogen-bond donors (Lipinski definition) is 0. The molecule has 0 aromatic carbocycles. The number of nitrogens with zero attached hydrogens (tertiary/aromatic N) is 1. The fourth-order valence-electron chi connectivity index (χ4n) is 4.80. The minimum atomic E-state index is -1.07. The van der Waals surface area contributed by atoms with Crippen LogP contribution in [0.3, 0.4) is 0 Å². The zero-order chi connectivity index (χ0) is 15.0. The van der Waals surface area contributed by atoms with Crippen molar-refractivity contribution in [1.82, 2.24) is 4.90 Å². The van der Waals surface area contributed by atoms with Crippen LogP contribution in [0.1, 0.15) is 40.0 Å². The van der Waals surface area contributed by atoms with Crippen LogP contribution in [0.15, 0.2) is 0 Å². The topological polar surface area (TPSA) is 55.8 Å². The Kier molecular flexibility index (Phi) is 2.46. The summed E-state index contributed by atoms with van der Waals surface area (Å²) in [5.74, 6) is -0.105. The molecule has 1 saturated carbocycles. The molecule has 0 spiro atoms. The summed E-state index contributed by atoms with van der Waals surface area (Å²) in [7, 11) is 0. The van der Waals surface area contributed by atoms with Gasteiger partial charge in [-0.1, -0.05) is 13.8 Å². The first kappa shape index (κ1) is 13.6. The third-order valence-corrected chi connectivity index (χ3v) is 6.94. The molecule has 4 bridgehead atoms. The van der Waals surface area contributed by atoms with Crippen LogP contribution < -0.4 is 0 Å². The SMILES string of the molecule is CC12CCC(C(=O)OC3CN4CCC3C4)(OC1=O)C2(C)C. The van der Waals surface area contributed by atoms with Gasteiger partial charge in [0.25, 0.3) is 0 Å². The lowest BCUT2D eigenvalue weighted by molar-refractivity contribution is -0.188. The molecule has 5 atom stereocenters. The standard InChI is InChI=1S/C16H23NO4/c1-14(2)15(3)5-6-16(14,21-12(15)18)13(19)20-11-9-17-7-4-10(11)8-17/h10-11H,4-9H2,1-3H3. The molecule has 4 rings (SSSR count). The number of hydrogen-bond acceptors (Lipinski definition) is 5. The highest BCUT2D eigenvalue weighted by atomic mass is 16.6. The number of piperidine rings is 1. The van der Waals surface area contributed by atoms with Crippen molar-refractivity contribution in [2.75, 3.05) is 19.6 Å². The van der Waals surface area contributed by atoms with Gasteiger partial charge >= 0.3 is 11.9 Å². The predicted molar refractivity (Wildman–Crippen MR) is 74.4 cm³/mol. The Balaban J connectivity index is 1.58. The molecule has 0 amide bonds. The first-order chi connectivity index (χ1) is 9.80. The molecule has 1 aliphatic carbocycles. The third-order valence-electron chi connectivity index (χ3n) is 6.94. The number of carbonyl (C=O) groups excluding carboxylic acids is 2. The van der Waals surface area contributed by atoms with E-state index in [0.29, 0.717) is 18.8 Å². The molecule has 4 fully saturated rings. The Labute approximate surface area is 125 Å². The van der Waals surface area contributed by atoms with E-state index in [0.717, 1.165) is 26.1 Å². The van der Waals surface area contributed by atoms with E-state index in [1.807, 2.05) is 20.8 Å². The summed E-state index contributed by atoms with van der Waals surface area (Å²) in [4.78, 5) is 27.4. The van der Waals surface area contributed by atoms with E-state index in [1.54, 1.807) is 0 Å². The van der Waals surface area contributed by atoms with Gasteiger partial charge in [0, 0.05) is 24.4 Å². The maximum atomic E-state index is 12.8. The summed E-state index contributed by atoms with van der Waals surface area (Å²) in [6.07, 6.45) is 2.37. The predicted octanol–water partition coefficient (Wildman–Crippen LogP) is 1.36. The summed E-state index contributed by atoms with van der Waals surface area (Å²) in [5.41, 5.74) is -2.15. The van der Waals surface area contributed by atoms with Crippen molar-refractivity contribution in [2.24, 2.45) is 16.7 Å². The van der Waals surface area contributed by atoms with E-state index in [4.69, 9.17) is 9.47 Å². The van der Waals surface area contributed by atoms with Gasteiger partial charge in [-0.05, 0) is 32.7 Å². The summed E-state index contributed by atoms with van der Waals surface area (Å²) in [6.45, 7) is 8.83. The molecule has 0 N–H and O–H groups in total. The number of ether oxygens (including phenoxy) is 2. The van der Waals surface area contributed by atoms with Crippen molar-refractivity contribution < 1.29 is 19.1 Å². The second-order valence-corrected chi connectivity index (χ2v) is 7.93. The fourth-order valence-corrected chi connectivity index (χ4v) is 4.80. The molecule has 0 aromatic heterocycles. The Bertz CT molecular complexity index is 530. The Morgan fingerprint density at radius 3 is 2.52 bits per heavy atom. The molecular weight excluding hydrogens is 270 g/mol. The van der Waals surface area contributed by atoms with Crippen molar-refractivity contribution in [3.8, 4) is 0 Å². The number of fused-ring (bicyclic) bond motifs is 4. The Morgan fingerprint density at radius 2 is 2.05 bits per heavy atom. The second-order valence-electron chi connectivity index (χ2n) is 7.93. The zero-order valence-corrected chi connectivity index (χ0v) is 13.0. The van der Waals surface area contributed by atoms with Crippen LogP contribution in [-0.4, -0.2) is 48.2 Å². The number of esters is 2. The highest BCUT2D eigenvalue weighted by Gasteiger charge is 2.76. The van der Waals surface area contributed by atoms with Crippen molar-refractivity contribution in [3.63, 3.8) is 0 Å². The van der Waals surface area contributed by atoms with E-state index < -0.39 is 16.4 Å². The second kappa shape index (κ2) is 3.80. The van der Waals surface area contributed by atoms with Gasteiger partial charge in [-0.25, -0.2) is 4.79 Å².